The van der Waals surface area contributed by atoms with Gasteiger partial charge in [-0.05, 0) is 52.3 Å². The molecule has 0 atom stereocenters. The Labute approximate surface area is 119 Å². The standard InChI is InChI=1S/C13H12BrN3S/c1-8(2)12-7-16-13(18)17(12)11-4-3-9(6-15)5-10(11)14/h3-5,7-8H,1-2H3,(H,16,18). The Morgan fingerprint density at radius 1 is 1.44 bits per heavy atom. The van der Waals surface area contributed by atoms with Crippen molar-refractivity contribution >= 4 is 28.1 Å². The molecule has 0 fully saturated rings. The number of nitrogens with one attached hydrogen (secondary N) is 1. The summed E-state index contributed by atoms with van der Waals surface area (Å²) in [6.07, 6.45) is 1.93. The van der Waals surface area contributed by atoms with Crippen molar-refractivity contribution in [3.05, 3.63) is 44.9 Å². The first-order valence-electron chi connectivity index (χ1n) is 5.55. The average Bonchev–Trinajstić information content (AvgIpc) is 2.71. The van der Waals surface area contributed by atoms with E-state index in [0.717, 1.165) is 15.9 Å². The summed E-state index contributed by atoms with van der Waals surface area (Å²) < 4.78 is 3.51. The van der Waals surface area contributed by atoms with Gasteiger partial charge in [-0.2, -0.15) is 5.26 Å². The number of hydrogen-bond acceptors (Lipinski definition) is 2. The smallest absolute Gasteiger partial charge is 0.182 e. The maximum absolute atomic E-state index is 8.88. The fraction of sp³-hybridized carbons (Fsp3) is 0.231. The Hall–Kier alpha value is -1.38. The molecule has 2 rings (SSSR count). The molecule has 2 aromatic rings. The van der Waals surface area contributed by atoms with Gasteiger partial charge in [0.15, 0.2) is 4.77 Å². The van der Waals surface area contributed by atoms with Gasteiger partial charge in [-0.1, -0.05) is 13.8 Å². The van der Waals surface area contributed by atoms with Crippen molar-refractivity contribution in [1.82, 2.24) is 9.55 Å². The maximum atomic E-state index is 8.88. The van der Waals surface area contributed by atoms with Crippen LogP contribution in [0.4, 0.5) is 0 Å². The lowest BCUT2D eigenvalue weighted by molar-refractivity contribution is 0.782. The van der Waals surface area contributed by atoms with E-state index in [1.807, 2.05) is 16.8 Å². The molecule has 0 saturated heterocycles. The van der Waals surface area contributed by atoms with Crippen LogP contribution in [0.5, 0.6) is 0 Å². The molecule has 92 valence electrons. The maximum Gasteiger partial charge on any atom is 0.182 e. The van der Waals surface area contributed by atoms with Gasteiger partial charge in [-0.15, -0.1) is 0 Å². The van der Waals surface area contributed by atoms with Gasteiger partial charge in [-0.3, -0.25) is 4.57 Å². The molecule has 0 amide bonds. The van der Waals surface area contributed by atoms with E-state index in [2.05, 4.69) is 40.8 Å². The van der Waals surface area contributed by atoms with Crippen molar-refractivity contribution in [2.24, 2.45) is 0 Å². The predicted octanol–water partition coefficient (Wildman–Crippen LogP) is 4.29. The van der Waals surface area contributed by atoms with E-state index in [1.165, 1.54) is 0 Å². The molecular weight excluding hydrogens is 310 g/mol. The first-order valence-corrected chi connectivity index (χ1v) is 6.75. The van der Waals surface area contributed by atoms with Gasteiger partial charge < -0.3 is 4.98 Å². The van der Waals surface area contributed by atoms with E-state index in [-0.39, 0.29) is 0 Å². The Kier molecular flexibility index (Phi) is 3.69. The fourth-order valence-electron chi connectivity index (χ4n) is 1.81. The summed E-state index contributed by atoms with van der Waals surface area (Å²) in [4.78, 5) is 3.06. The third-order valence-corrected chi connectivity index (χ3v) is 3.65. The van der Waals surface area contributed by atoms with Crippen molar-refractivity contribution < 1.29 is 0 Å². The van der Waals surface area contributed by atoms with Crippen LogP contribution >= 0.6 is 28.1 Å². The van der Waals surface area contributed by atoms with Crippen molar-refractivity contribution in [2.45, 2.75) is 19.8 Å². The van der Waals surface area contributed by atoms with E-state index in [9.17, 15) is 0 Å². The zero-order chi connectivity index (χ0) is 13.3. The summed E-state index contributed by atoms with van der Waals surface area (Å²) in [5, 5.41) is 8.88. The average molecular weight is 322 g/mol. The molecule has 1 N–H and O–H groups in total. The monoisotopic (exact) mass is 321 g/mol. The second kappa shape index (κ2) is 5.09. The zero-order valence-electron chi connectivity index (χ0n) is 10.1. The lowest BCUT2D eigenvalue weighted by Crippen LogP contribution is -2.02. The van der Waals surface area contributed by atoms with Gasteiger partial charge in [0.2, 0.25) is 0 Å². The third-order valence-electron chi connectivity index (χ3n) is 2.71. The molecule has 18 heavy (non-hydrogen) atoms. The number of aromatic nitrogens is 2. The molecule has 0 aliphatic carbocycles. The summed E-state index contributed by atoms with van der Waals surface area (Å²) in [7, 11) is 0. The van der Waals surface area contributed by atoms with Gasteiger partial charge in [0.05, 0.1) is 17.3 Å². The van der Waals surface area contributed by atoms with Crippen LogP contribution in [0.25, 0.3) is 5.69 Å². The number of H-pyrrole nitrogens is 1. The number of rotatable bonds is 2. The molecule has 0 spiro atoms. The minimum absolute atomic E-state index is 0.362. The molecule has 0 bridgehead atoms. The minimum Gasteiger partial charge on any atom is -0.337 e. The van der Waals surface area contributed by atoms with Crippen LogP contribution in [0.3, 0.4) is 0 Å². The number of nitriles is 1. The molecule has 0 unspecified atom stereocenters. The molecule has 0 radical (unpaired) electrons. The summed E-state index contributed by atoms with van der Waals surface area (Å²) in [5.41, 5.74) is 2.69. The van der Waals surface area contributed by atoms with Crippen LogP contribution in [-0.4, -0.2) is 9.55 Å². The lowest BCUT2D eigenvalue weighted by atomic mass is 10.1. The first-order chi connectivity index (χ1) is 8.54. The van der Waals surface area contributed by atoms with E-state index in [1.54, 1.807) is 12.1 Å². The molecule has 0 saturated carbocycles. The van der Waals surface area contributed by atoms with E-state index < -0.39 is 0 Å². The van der Waals surface area contributed by atoms with Gasteiger partial charge in [0, 0.05) is 16.4 Å². The third kappa shape index (κ3) is 2.26. The second-order valence-electron chi connectivity index (χ2n) is 4.29. The van der Waals surface area contributed by atoms with Gasteiger partial charge >= 0.3 is 0 Å². The van der Waals surface area contributed by atoms with Crippen LogP contribution in [-0.2, 0) is 0 Å². The number of hydrogen-bond donors (Lipinski definition) is 1. The normalized spacial score (nSPS) is 10.6. The highest BCUT2D eigenvalue weighted by Crippen LogP contribution is 2.26. The summed E-state index contributed by atoms with van der Waals surface area (Å²) in [6, 6.07) is 7.61. The van der Waals surface area contributed by atoms with Crippen LogP contribution in [0.15, 0.2) is 28.9 Å². The van der Waals surface area contributed by atoms with Crippen LogP contribution in [0, 0.1) is 16.1 Å². The fourth-order valence-corrected chi connectivity index (χ4v) is 2.63. The molecule has 1 heterocycles. The number of benzene rings is 1. The molecule has 1 aromatic carbocycles. The quantitative estimate of drug-likeness (QED) is 0.838. The summed E-state index contributed by atoms with van der Waals surface area (Å²) in [6.45, 7) is 4.23. The topological polar surface area (TPSA) is 44.5 Å². The van der Waals surface area contributed by atoms with Crippen molar-refractivity contribution in [3.8, 4) is 11.8 Å². The highest BCUT2D eigenvalue weighted by Gasteiger charge is 2.12. The van der Waals surface area contributed by atoms with Crippen molar-refractivity contribution in [3.63, 3.8) is 0 Å². The number of aromatic amines is 1. The Bertz CT molecular complexity index is 676. The molecule has 3 nitrogen and oxygen atoms in total. The van der Waals surface area contributed by atoms with Gasteiger partial charge in [0.1, 0.15) is 0 Å². The van der Waals surface area contributed by atoms with Gasteiger partial charge in [0.25, 0.3) is 0 Å². The highest BCUT2D eigenvalue weighted by molar-refractivity contribution is 9.10. The van der Waals surface area contributed by atoms with Crippen molar-refractivity contribution in [1.29, 1.82) is 5.26 Å². The van der Waals surface area contributed by atoms with Crippen LogP contribution < -0.4 is 0 Å². The minimum atomic E-state index is 0.362. The molecular formula is C13H12BrN3S. The first kappa shape index (κ1) is 13.1. The summed E-state index contributed by atoms with van der Waals surface area (Å²) >= 11 is 8.81. The van der Waals surface area contributed by atoms with Crippen LogP contribution in [0.2, 0.25) is 0 Å². The summed E-state index contributed by atoms with van der Waals surface area (Å²) in [5.74, 6) is 0.362. The van der Waals surface area contributed by atoms with Crippen LogP contribution in [0.1, 0.15) is 31.0 Å². The lowest BCUT2D eigenvalue weighted by Gasteiger charge is -2.12. The largest absolute Gasteiger partial charge is 0.337 e. The molecule has 0 aliphatic rings. The number of nitrogens with zero attached hydrogens (tertiary/aromatic N) is 2. The number of imidazole rings is 1. The Morgan fingerprint density at radius 3 is 2.72 bits per heavy atom. The highest BCUT2D eigenvalue weighted by atomic mass is 79.9. The second-order valence-corrected chi connectivity index (χ2v) is 5.53. The van der Waals surface area contributed by atoms with Crippen molar-refractivity contribution in [2.75, 3.05) is 0 Å². The molecule has 5 heteroatoms. The van der Waals surface area contributed by atoms with E-state index in [4.69, 9.17) is 17.5 Å². The predicted molar refractivity (Wildman–Crippen MR) is 77.5 cm³/mol. The Morgan fingerprint density at radius 2 is 2.17 bits per heavy atom. The van der Waals surface area contributed by atoms with E-state index in [0.29, 0.717) is 16.3 Å². The zero-order valence-corrected chi connectivity index (χ0v) is 12.5. The molecule has 0 aliphatic heterocycles. The molecule has 1 aromatic heterocycles. The SMILES string of the molecule is CC(C)c1c[nH]c(=S)n1-c1ccc(C#N)cc1Br. The van der Waals surface area contributed by atoms with Gasteiger partial charge in [-0.25, -0.2) is 0 Å². The van der Waals surface area contributed by atoms with E-state index >= 15 is 0 Å². The Balaban J connectivity index is 2.67. The number of halogens is 1.